The summed E-state index contributed by atoms with van der Waals surface area (Å²) in [5.74, 6) is 0.350. The summed E-state index contributed by atoms with van der Waals surface area (Å²) in [6.45, 7) is 1.09. The topological polar surface area (TPSA) is 94.2 Å². The maximum Gasteiger partial charge on any atom is 0.387 e. The zero-order valence-corrected chi connectivity index (χ0v) is 21.2. The molecule has 5 heterocycles. The van der Waals surface area contributed by atoms with Gasteiger partial charge in [0, 0.05) is 41.2 Å². The highest BCUT2D eigenvalue weighted by Gasteiger charge is 2.45. The van der Waals surface area contributed by atoms with E-state index in [2.05, 4.69) is 14.9 Å². The third kappa shape index (κ3) is 4.12. The minimum atomic E-state index is -2.95. The molecule has 0 saturated carbocycles. The summed E-state index contributed by atoms with van der Waals surface area (Å²) in [7, 11) is 0. The van der Waals surface area contributed by atoms with Crippen LogP contribution >= 0.6 is 0 Å². The lowest BCUT2D eigenvalue weighted by molar-refractivity contribution is -0.0506. The molecule has 0 radical (unpaired) electrons. The van der Waals surface area contributed by atoms with Gasteiger partial charge in [0.1, 0.15) is 17.0 Å². The molecule has 9 nitrogen and oxygen atoms in total. The molecule has 3 aromatic heterocycles. The van der Waals surface area contributed by atoms with Gasteiger partial charge in [-0.05, 0) is 31.5 Å². The molecule has 7 rings (SSSR count). The Hall–Kier alpha value is -3.67. The summed E-state index contributed by atoms with van der Waals surface area (Å²) in [5, 5.41) is 11.3. The number of aromatic nitrogens is 4. The van der Waals surface area contributed by atoms with E-state index in [0.29, 0.717) is 55.7 Å². The number of imidazole rings is 1. The second kappa shape index (κ2) is 9.22. The Kier molecular flexibility index (Phi) is 5.76. The van der Waals surface area contributed by atoms with Gasteiger partial charge in [-0.1, -0.05) is 18.2 Å². The first-order valence-corrected chi connectivity index (χ1v) is 12.9. The average molecular weight is 536 g/mol. The number of halogens is 2. The molecule has 1 aliphatic carbocycles. The number of nitrogens with zero attached hydrogens (tertiary/aromatic N) is 5. The SMILES string of the molecule is C[C@@]1(O)C[C@H](c2ccccc2OC(F)F)c2c1nc1ccc(-c3cnc(N4C5COCC4COC5)nc3)cn21. The maximum atomic E-state index is 13.2. The van der Waals surface area contributed by atoms with E-state index < -0.39 is 18.1 Å². The number of hydrogen-bond donors (Lipinski definition) is 1. The van der Waals surface area contributed by atoms with Gasteiger partial charge >= 0.3 is 6.61 Å². The third-order valence-electron chi connectivity index (χ3n) is 7.84. The van der Waals surface area contributed by atoms with Crippen LogP contribution in [0.25, 0.3) is 16.8 Å². The van der Waals surface area contributed by atoms with E-state index in [1.165, 1.54) is 6.07 Å². The van der Waals surface area contributed by atoms with Crippen LogP contribution < -0.4 is 9.64 Å². The van der Waals surface area contributed by atoms with E-state index in [4.69, 9.17) is 19.2 Å². The quantitative estimate of drug-likeness (QED) is 0.413. The molecule has 0 unspecified atom stereocenters. The van der Waals surface area contributed by atoms with E-state index in [1.54, 1.807) is 37.5 Å². The fraction of sp³-hybridized carbons (Fsp3) is 0.393. The predicted octanol–water partition coefficient (Wildman–Crippen LogP) is 3.74. The van der Waals surface area contributed by atoms with Crippen LogP contribution in [0.2, 0.25) is 0 Å². The zero-order chi connectivity index (χ0) is 26.7. The fourth-order valence-electron chi connectivity index (χ4n) is 6.11. The number of alkyl halides is 2. The second-order valence-corrected chi connectivity index (χ2v) is 10.5. The van der Waals surface area contributed by atoms with E-state index >= 15 is 0 Å². The van der Waals surface area contributed by atoms with Crippen molar-refractivity contribution >= 4 is 11.6 Å². The maximum absolute atomic E-state index is 13.2. The van der Waals surface area contributed by atoms with Crippen molar-refractivity contribution in [2.75, 3.05) is 31.3 Å². The molecule has 1 N–H and O–H groups in total. The second-order valence-electron chi connectivity index (χ2n) is 10.5. The Bertz CT molecular complexity index is 1500. The predicted molar refractivity (Wildman–Crippen MR) is 137 cm³/mol. The molecule has 202 valence electrons. The molecule has 0 amide bonds. The number of pyridine rings is 1. The summed E-state index contributed by atoms with van der Waals surface area (Å²) in [4.78, 5) is 16.3. The first-order valence-electron chi connectivity index (χ1n) is 12.9. The first kappa shape index (κ1) is 24.4. The number of hydrogen-bond acceptors (Lipinski definition) is 8. The molecule has 2 aliphatic heterocycles. The Balaban J connectivity index is 1.27. The molecule has 11 heteroatoms. The van der Waals surface area contributed by atoms with Gasteiger partial charge in [0.05, 0.1) is 49.9 Å². The number of aliphatic hydroxyl groups is 1. The zero-order valence-electron chi connectivity index (χ0n) is 21.2. The summed E-state index contributed by atoms with van der Waals surface area (Å²) < 4.78 is 44.5. The molecular formula is C28H27F2N5O4. The Morgan fingerprint density at radius 3 is 2.38 bits per heavy atom. The molecule has 4 aromatic rings. The smallest absolute Gasteiger partial charge is 0.387 e. The summed E-state index contributed by atoms with van der Waals surface area (Å²) in [6.07, 6.45) is 5.82. The van der Waals surface area contributed by atoms with Crippen molar-refractivity contribution in [2.45, 2.75) is 43.6 Å². The molecule has 39 heavy (non-hydrogen) atoms. The van der Waals surface area contributed by atoms with E-state index in [9.17, 15) is 13.9 Å². The minimum Gasteiger partial charge on any atom is -0.435 e. The van der Waals surface area contributed by atoms with Crippen molar-refractivity contribution in [3.05, 3.63) is 71.9 Å². The molecular weight excluding hydrogens is 508 g/mol. The minimum absolute atomic E-state index is 0.0922. The van der Waals surface area contributed by atoms with Crippen molar-refractivity contribution in [2.24, 2.45) is 0 Å². The average Bonchev–Trinajstić information content (AvgIpc) is 3.43. The number of rotatable bonds is 5. The van der Waals surface area contributed by atoms with Crippen molar-refractivity contribution in [1.82, 2.24) is 19.4 Å². The number of anilines is 1. The highest BCUT2D eigenvalue weighted by molar-refractivity contribution is 5.65. The van der Waals surface area contributed by atoms with E-state index in [0.717, 1.165) is 16.8 Å². The van der Waals surface area contributed by atoms with Crippen LogP contribution in [0.4, 0.5) is 14.7 Å². The number of ether oxygens (including phenoxy) is 3. The molecule has 2 saturated heterocycles. The fourth-order valence-corrected chi connectivity index (χ4v) is 6.11. The Morgan fingerprint density at radius 2 is 1.69 bits per heavy atom. The summed E-state index contributed by atoms with van der Waals surface area (Å²) >= 11 is 0. The van der Waals surface area contributed by atoms with Gasteiger partial charge in [-0.15, -0.1) is 0 Å². The van der Waals surface area contributed by atoms with E-state index in [-0.39, 0.29) is 17.8 Å². The monoisotopic (exact) mass is 535 g/mol. The van der Waals surface area contributed by atoms with Crippen LogP contribution in [0, 0.1) is 0 Å². The number of benzene rings is 1. The van der Waals surface area contributed by atoms with Crippen molar-refractivity contribution < 1.29 is 28.1 Å². The van der Waals surface area contributed by atoms with Crippen molar-refractivity contribution in [3.8, 4) is 16.9 Å². The van der Waals surface area contributed by atoms with Crippen LogP contribution in [0.1, 0.15) is 36.2 Å². The third-order valence-corrected chi connectivity index (χ3v) is 7.84. The standard InChI is InChI=1S/C28H27F2N5O4/c1-28(36)8-21(20-4-2-3-5-22(20)39-26(29)30)24-25(28)33-23-7-6-16(11-34(23)24)17-9-31-27(32-10-17)35-18-12-37-14-19(35)15-38-13-18/h2-7,9-11,18-19,21,26,36H,8,12-15H2,1H3/t18?,19?,21-,28-/m1/s1. The normalized spacial score (nSPS) is 26.3. The molecule has 2 bridgehead atoms. The van der Waals surface area contributed by atoms with Crippen LogP contribution in [0.3, 0.4) is 0 Å². The van der Waals surface area contributed by atoms with E-state index in [1.807, 2.05) is 22.7 Å². The van der Waals surface area contributed by atoms with Crippen LogP contribution in [0.15, 0.2) is 55.0 Å². The number of para-hydroxylation sites is 1. The highest BCUT2D eigenvalue weighted by atomic mass is 19.3. The molecule has 1 aromatic carbocycles. The van der Waals surface area contributed by atoms with Gasteiger partial charge in [-0.2, -0.15) is 8.78 Å². The molecule has 2 atom stereocenters. The van der Waals surface area contributed by atoms with Crippen molar-refractivity contribution in [3.63, 3.8) is 0 Å². The highest BCUT2D eigenvalue weighted by Crippen LogP contribution is 2.49. The van der Waals surface area contributed by atoms with Gasteiger partial charge < -0.3 is 28.6 Å². The van der Waals surface area contributed by atoms with Gasteiger partial charge in [0.25, 0.3) is 0 Å². The van der Waals surface area contributed by atoms with Crippen LogP contribution in [0.5, 0.6) is 5.75 Å². The Labute approximate surface area is 223 Å². The lowest BCUT2D eigenvalue weighted by atomic mass is 9.93. The van der Waals surface area contributed by atoms with Crippen LogP contribution in [-0.2, 0) is 15.1 Å². The first-order chi connectivity index (χ1) is 18.9. The van der Waals surface area contributed by atoms with Crippen molar-refractivity contribution in [1.29, 1.82) is 0 Å². The lowest BCUT2D eigenvalue weighted by Gasteiger charge is -2.45. The molecule has 3 aliphatic rings. The summed E-state index contributed by atoms with van der Waals surface area (Å²) in [5.41, 5.74) is 2.97. The number of fused-ring (bicyclic) bond motifs is 5. The van der Waals surface area contributed by atoms with Gasteiger partial charge in [-0.25, -0.2) is 15.0 Å². The van der Waals surface area contributed by atoms with Gasteiger partial charge in [-0.3, -0.25) is 0 Å². The van der Waals surface area contributed by atoms with Crippen LogP contribution in [-0.4, -0.2) is 69.6 Å². The number of morpholine rings is 2. The van der Waals surface area contributed by atoms with Gasteiger partial charge in [0.15, 0.2) is 0 Å². The molecule has 2 fully saturated rings. The largest absolute Gasteiger partial charge is 0.435 e. The Morgan fingerprint density at radius 1 is 1.00 bits per heavy atom. The summed E-state index contributed by atoms with van der Waals surface area (Å²) in [6, 6.07) is 10.7. The molecule has 0 spiro atoms. The van der Waals surface area contributed by atoms with Gasteiger partial charge in [0.2, 0.25) is 5.95 Å². The lowest BCUT2D eigenvalue weighted by Crippen LogP contribution is -2.60.